The third-order valence-electron chi connectivity index (χ3n) is 2.02. The van der Waals surface area contributed by atoms with Crippen LogP contribution in [0.4, 0.5) is 0 Å². The van der Waals surface area contributed by atoms with Gasteiger partial charge in [0, 0.05) is 11.1 Å². The second-order valence-corrected chi connectivity index (χ2v) is 3.02. The van der Waals surface area contributed by atoms with Gasteiger partial charge in [0.15, 0.2) is 12.1 Å². The molecule has 0 atom stereocenters. The van der Waals surface area contributed by atoms with Crippen molar-refractivity contribution in [3.63, 3.8) is 0 Å². The molecule has 0 radical (unpaired) electrons. The van der Waals surface area contributed by atoms with Crippen LogP contribution in [0.1, 0.15) is 20.7 Å². The first-order valence-electron chi connectivity index (χ1n) is 4.54. The fraction of sp³-hybridized carbons (Fsp3) is 0.273. The lowest BCUT2D eigenvalue weighted by Crippen LogP contribution is -2.19. The minimum atomic E-state index is -0.109. The molecular formula is C11H13NO3. The molecule has 0 heterocycles. The Kier molecular flexibility index (Phi) is 4.00. The van der Waals surface area contributed by atoms with Gasteiger partial charge in [-0.05, 0) is 25.2 Å². The van der Waals surface area contributed by atoms with E-state index in [2.05, 4.69) is 5.32 Å². The molecule has 0 saturated heterocycles. The highest BCUT2D eigenvalue weighted by Crippen LogP contribution is 2.16. The third-order valence-corrected chi connectivity index (χ3v) is 2.02. The average molecular weight is 207 g/mol. The SMILES string of the molecule is CNCC(=O)c1ccc(OC)cc1C=O. The molecule has 1 aromatic carbocycles. The first-order chi connectivity index (χ1) is 7.22. The van der Waals surface area contributed by atoms with Crippen molar-refractivity contribution in [3.05, 3.63) is 29.3 Å². The number of carbonyl (C=O) groups excluding carboxylic acids is 2. The highest BCUT2D eigenvalue weighted by molar-refractivity contribution is 6.04. The summed E-state index contributed by atoms with van der Waals surface area (Å²) < 4.78 is 4.97. The summed E-state index contributed by atoms with van der Waals surface area (Å²) in [4.78, 5) is 22.3. The Labute approximate surface area is 88.2 Å². The number of ketones is 1. The summed E-state index contributed by atoms with van der Waals surface area (Å²) >= 11 is 0. The Morgan fingerprint density at radius 3 is 2.80 bits per heavy atom. The molecule has 0 aliphatic heterocycles. The van der Waals surface area contributed by atoms with Gasteiger partial charge in [-0.3, -0.25) is 9.59 Å². The molecule has 0 unspecified atom stereocenters. The van der Waals surface area contributed by atoms with E-state index in [1.165, 1.54) is 7.11 Å². The van der Waals surface area contributed by atoms with Crippen molar-refractivity contribution in [3.8, 4) is 5.75 Å². The minimum Gasteiger partial charge on any atom is -0.497 e. The van der Waals surface area contributed by atoms with Crippen LogP contribution >= 0.6 is 0 Å². The largest absolute Gasteiger partial charge is 0.497 e. The second kappa shape index (κ2) is 5.26. The van der Waals surface area contributed by atoms with Crippen molar-refractivity contribution in [1.29, 1.82) is 0 Å². The number of rotatable bonds is 5. The van der Waals surface area contributed by atoms with Gasteiger partial charge < -0.3 is 10.1 Å². The number of carbonyl (C=O) groups is 2. The monoisotopic (exact) mass is 207 g/mol. The van der Waals surface area contributed by atoms with Crippen molar-refractivity contribution >= 4 is 12.1 Å². The summed E-state index contributed by atoms with van der Waals surface area (Å²) in [6.45, 7) is 0.215. The lowest BCUT2D eigenvalue weighted by molar-refractivity contribution is 0.0986. The third kappa shape index (κ3) is 2.63. The maximum Gasteiger partial charge on any atom is 0.177 e. The van der Waals surface area contributed by atoms with E-state index in [1.807, 2.05) is 0 Å². The molecule has 1 rings (SSSR count). The van der Waals surface area contributed by atoms with Gasteiger partial charge in [0.1, 0.15) is 5.75 Å². The van der Waals surface area contributed by atoms with Crippen molar-refractivity contribution in [2.45, 2.75) is 0 Å². The van der Waals surface area contributed by atoms with Crippen molar-refractivity contribution in [2.24, 2.45) is 0 Å². The van der Waals surface area contributed by atoms with E-state index in [0.717, 1.165) is 0 Å². The number of methoxy groups -OCH3 is 1. The van der Waals surface area contributed by atoms with Crippen molar-refractivity contribution < 1.29 is 14.3 Å². The van der Waals surface area contributed by atoms with Gasteiger partial charge in [0.05, 0.1) is 13.7 Å². The highest BCUT2D eigenvalue weighted by atomic mass is 16.5. The Morgan fingerprint density at radius 1 is 1.53 bits per heavy atom. The molecule has 1 aromatic rings. The molecule has 0 aromatic heterocycles. The van der Waals surface area contributed by atoms with Gasteiger partial charge in [-0.15, -0.1) is 0 Å². The van der Waals surface area contributed by atoms with Gasteiger partial charge >= 0.3 is 0 Å². The number of nitrogens with one attached hydrogen (secondary N) is 1. The molecule has 0 saturated carbocycles. The van der Waals surface area contributed by atoms with Gasteiger partial charge in [-0.1, -0.05) is 0 Å². The molecule has 0 bridgehead atoms. The number of Topliss-reactive ketones (excluding diaryl/α,β-unsaturated/α-hetero) is 1. The first-order valence-corrected chi connectivity index (χ1v) is 4.54. The van der Waals surface area contributed by atoms with E-state index in [-0.39, 0.29) is 12.3 Å². The van der Waals surface area contributed by atoms with E-state index in [0.29, 0.717) is 23.2 Å². The number of benzene rings is 1. The summed E-state index contributed by atoms with van der Waals surface area (Å²) in [6.07, 6.45) is 0.658. The standard InChI is InChI=1S/C11H13NO3/c1-12-6-11(14)10-4-3-9(15-2)5-8(10)7-13/h3-5,7,12H,6H2,1-2H3. The molecule has 4 nitrogen and oxygen atoms in total. The zero-order chi connectivity index (χ0) is 11.3. The van der Waals surface area contributed by atoms with E-state index in [9.17, 15) is 9.59 Å². The molecule has 1 N–H and O–H groups in total. The normalized spacial score (nSPS) is 9.73. The zero-order valence-electron chi connectivity index (χ0n) is 8.74. The van der Waals surface area contributed by atoms with E-state index < -0.39 is 0 Å². The van der Waals surface area contributed by atoms with Crippen LogP contribution in [0.3, 0.4) is 0 Å². The minimum absolute atomic E-state index is 0.109. The van der Waals surface area contributed by atoms with Crippen LogP contribution in [0, 0.1) is 0 Å². The van der Waals surface area contributed by atoms with E-state index in [1.54, 1.807) is 25.2 Å². The lowest BCUT2D eigenvalue weighted by atomic mass is 10.0. The maximum atomic E-state index is 11.6. The van der Waals surface area contributed by atoms with Crippen LogP contribution in [-0.4, -0.2) is 32.8 Å². The zero-order valence-corrected chi connectivity index (χ0v) is 8.74. The molecule has 0 amide bonds. The Hall–Kier alpha value is -1.68. The summed E-state index contributed by atoms with van der Waals surface area (Å²) in [5, 5.41) is 2.75. The fourth-order valence-corrected chi connectivity index (χ4v) is 1.28. The number of aldehydes is 1. The predicted molar refractivity (Wildman–Crippen MR) is 56.6 cm³/mol. The molecule has 0 fully saturated rings. The molecular weight excluding hydrogens is 194 g/mol. The van der Waals surface area contributed by atoms with E-state index in [4.69, 9.17) is 4.74 Å². The van der Waals surface area contributed by atoms with Crippen LogP contribution in [0.5, 0.6) is 5.75 Å². The Bertz CT molecular complexity index is 374. The van der Waals surface area contributed by atoms with Crippen LogP contribution in [0.2, 0.25) is 0 Å². The van der Waals surface area contributed by atoms with Gasteiger partial charge in [0.25, 0.3) is 0 Å². The van der Waals surface area contributed by atoms with E-state index >= 15 is 0 Å². The second-order valence-electron chi connectivity index (χ2n) is 3.02. The fourth-order valence-electron chi connectivity index (χ4n) is 1.28. The molecule has 15 heavy (non-hydrogen) atoms. The maximum absolute atomic E-state index is 11.6. The van der Waals surface area contributed by atoms with Gasteiger partial charge in [-0.2, -0.15) is 0 Å². The number of hydrogen-bond acceptors (Lipinski definition) is 4. The smallest absolute Gasteiger partial charge is 0.177 e. The number of hydrogen-bond donors (Lipinski definition) is 1. The van der Waals surface area contributed by atoms with Gasteiger partial charge in [-0.25, -0.2) is 0 Å². The summed E-state index contributed by atoms with van der Waals surface area (Å²) in [5.41, 5.74) is 0.773. The van der Waals surface area contributed by atoms with Crippen LogP contribution < -0.4 is 10.1 Å². The summed E-state index contributed by atoms with van der Waals surface area (Å²) in [5.74, 6) is 0.459. The quantitative estimate of drug-likeness (QED) is 0.576. The molecule has 0 spiro atoms. The summed E-state index contributed by atoms with van der Waals surface area (Å²) in [7, 11) is 3.20. The summed E-state index contributed by atoms with van der Waals surface area (Å²) in [6, 6.07) is 4.81. The van der Waals surface area contributed by atoms with Crippen LogP contribution in [0.15, 0.2) is 18.2 Å². The first kappa shape index (κ1) is 11.4. The number of ether oxygens (including phenoxy) is 1. The molecule has 0 aliphatic carbocycles. The highest BCUT2D eigenvalue weighted by Gasteiger charge is 2.10. The van der Waals surface area contributed by atoms with Crippen molar-refractivity contribution in [2.75, 3.05) is 20.7 Å². The number of likely N-dealkylation sites (N-methyl/N-ethyl adjacent to an activating group) is 1. The predicted octanol–water partition coefficient (Wildman–Crippen LogP) is 0.910. The van der Waals surface area contributed by atoms with Crippen LogP contribution in [-0.2, 0) is 0 Å². The van der Waals surface area contributed by atoms with Crippen LogP contribution in [0.25, 0.3) is 0 Å². The lowest BCUT2D eigenvalue weighted by Gasteiger charge is -2.05. The molecule has 80 valence electrons. The van der Waals surface area contributed by atoms with Gasteiger partial charge in [0.2, 0.25) is 0 Å². The topological polar surface area (TPSA) is 55.4 Å². The van der Waals surface area contributed by atoms with Crippen molar-refractivity contribution in [1.82, 2.24) is 5.32 Å². The Balaban J connectivity index is 3.07. The molecule has 4 heteroatoms. The Morgan fingerprint density at radius 2 is 2.27 bits per heavy atom. The average Bonchev–Trinajstić information content (AvgIpc) is 2.28. The molecule has 0 aliphatic rings.